The number of benzene rings is 1. The van der Waals surface area contributed by atoms with Gasteiger partial charge in [0.2, 0.25) is 12.2 Å². The Kier molecular flexibility index (Phi) is 11.8. The Bertz CT molecular complexity index is 1680. The van der Waals surface area contributed by atoms with Crippen LogP contribution in [0.4, 0.5) is 104 Å². The number of esters is 1. The molecule has 0 atom stereocenters. The van der Waals surface area contributed by atoms with Crippen molar-refractivity contribution in [2.45, 2.75) is 73.3 Å². The maximum absolute atomic E-state index is 15.4. The third-order valence-corrected chi connectivity index (χ3v) is 6.36. The fourth-order valence-corrected chi connectivity index (χ4v) is 3.71. The number of carbonyl (C=O) groups is 2. The molecule has 0 saturated carbocycles. The van der Waals surface area contributed by atoms with E-state index in [0.717, 1.165) is 0 Å². The van der Waals surface area contributed by atoms with Gasteiger partial charge in [0, 0.05) is 12.5 Å². The number of amides is 1. The van der Waals surface area contributed by atoms with Gasteiger partial charge in [0.25, 0.3) is 5.91 Å². The average Bonchev–Trinajstić information content (AvgIpc) is 2.96. The highest BCUT2D eigenvalue weighted by atomic mass is 19.4. The molecule has 1 rings (SSSR count). The Hall–Kier alpha value is -4.55. The fourth-order valence-electron chi connectivity index (χ4n) is 3.71. The van der Waals surface area contributed by atoms with Crippen molar-refractivity contribution in [3.8, 4) is 0 Å². The molecule has 0 aliphatic heterocycles. The molecule has 0 spiro atoms. The minimum absolute atomic E-state index is 0.00288. The average molecular weight is 807 g/mol. The number of halogens is 21. The number of aliphatic imine (C=N–C) groups is 2. The van der Waals surface area contributed by atoms with Gasteiger partial charge in [-0.15, -0.1) is 0 Å². The van der Waals surface area contributed by atoms with Gasteiger partial charge in [0.15, 0.2) is 6.73 Å². The van der Waals surface area contributed by atoms with Crippen molar-refractivity contribution in [3.05, 3.63) is 22.8 Å². The maximum atomic E-state index is 15.4. The molecule has 0 radical (unpaired) electrons. The predicted octanol–water partition coefficient (Wildman–Crippen LogP) is 7.92. The Morgan fingerprint density at radius 3 is 1.35 bits per heavy atom. The molecule has 1 aromatic rings. The van der Waals surface area contributed by atoms with E-state index in [1.807, 2.05) is 0 Å². The van der Waals surface area contributed by atoms with Gasteiger partial charge in [0.05, 0.1) is 5.56 Å². The number of hydrogen-bond donors (Lipinski definition) is 1. The van der Waals surface area contributed by atoms with E-state index >= 15 is 8.78 Å². The monoisotopic (exact) mass is 807 g/mol. The van der Waals surface area contributed by atoms with E-state index < -0.39 is 106 Å². The van der Waals surface area contributed by atoms with E-state index in [1.165, 1.54) is 5.32 Å². The summed E-state index contributed by atoms with van der Waals surface area (Å²) >= 11 is 0. The van der Waals surface area contributed by atoms with Gasteiger partial charge < -0.3 is 10.1 Å². The summed E-state index contributed by atoms with van der Waals surface area (Å²) in [5.74, 6) is -84.0. The second-order valence-electron chi connectivity index (χ2n) is 9.67. The van der Waals surface area contributed by atoms with Gasteiger partial charge in [-0.1, -0.05) is 0 Å². The van der Waals surface area contributed by atoms with Crippen molar-refractivity contribution in [3.63, 3.8) is 0 Å². The van der Waals surface area contributed by atoms with Crippen LogP contribution >= 0.6 is 0 Å². The van der Waals surface area contributed by atoms with Gasteiger partial charge in [-0.05, 0) is 18.6 Å². The van der Waals surface area contributed by atoms with E-state index in [2.05, 4.69) is 14.7 Å². The number of hydrogen-bond acceptors (Lipinski definition) is 7. The van der Waals surface area contributed by atoms with Crippen LogP contribution in [0, 0.1) is 6.92 Å². The fraction of sp³-hybridized carbons (Fsp3) is 0.565. The lowest BCUT2D eigenvalue weighted by molar-refractivity contribution is -0.474. The van der Waals surface area contributed by atoms with E-state index in [0.29, 0.717) is 19.1 Å². The molecule has 0 aromatic heterocycles. The number of ether oxygens (including phenoxy) is 1. The number of nitrogens with one attached hydrogen (secondary N) is 1. The van der Waals surface area contributed by atoms with E-state index in [1.54, 1.807) is 0 Å². The highest BCUT2D eigenvalue weighted by Gasteiger charge is 2.98. The van der Waals surface area contributed by atoms with Crippen LogP contribution in [-0.4, -0.2) is 84.3 Å². The van der Waals surface area contributed by atoms with Gasteiger partial charge in [-0.25, -0.2) is 9.59 Å². The SMILES string of the molecule is CC(=O)OCNC(=O)c1c(N=C=O)c(N=C=O)cc(C)c1C(F)(F)C(F)(F)C(F)(F)C(F)(F)C(F)(F)C(F)(F)C(F)(F)C(F)(F)C(F)(F)C(F)(F)F. The van der Waals surface area contributed by atoms with Crippen molar-refractivity contribution >= 4 is 35.4 Å². The van der Waals surface area contributed by atoms with Crippen LogP contribution in [0.5, 0.6) is 0 Å². The van der Waals surface area contributed by atoms with E-state index in [9.17, 15) is 103 Å². The zero-order valence-corrected chi connectivity index (χ0v) is 24.2. The number of rotatable bonds is 14. The van der Waals surface area contributed by atoms with Crippen molar-refractivity contribution in [2.24, 2.45) is 9.98 Å². The van der Waals surface area contributed by atoms with Crippen LogP contribution in [0.25, 0.3) is 0 Å². The minimum Gasteiger partial charge on any atom is -0.445 e. The largest absolute Gasteiger partial charge is 0.460 e. The summed E-state index contributed by atoms with van der Waals surface area (Å²) in [6.07, 6.45) is -7.14. The molecular formula is C23H10F21N3O5. The molecule has 0 fully saturated rings. The first kappa shape index (κ1) is 45.5. The first-order chi connectivity index (χ1) is 22.9. The first-order valence-corrected chi connectivity index (χ1v) is 12.1. The molecule has 0 aliphatic rings. The lowest BCUT2D eigenvalue weighted by Gasteiger charge is -2.44. The summed E-state index contributed by atoms with van der Waals surface area (Å²) < 4.78 is 296. The summed E-state index contributed by atoms with van der Waals surface area (Å²) in [5.41, 5.74) is -10.9. The Morgan fingerprint density at radius 2 is 1.00 bits per heavy atom. The highest BCUT2D eigenvalue weighted by Crippen LogP contribution is 2.67. The maximum Gasteiger partial charge on any atom is 0.460 e. The van der Waals surface area contributed by atoms with Crippen molar-refractivity contribution in [1.29, 1.82) is 0 Å². The number of aryl methyl sites for hydroxylation is 1. The van der Waals surface area contributed by atoms with Crippen LogP contribution in [0.1, 0.15) is 28.4 Å². The molecule has 52 heavy (non-hydrogen) atoms. The van der Waals surface area contributed by atoms with Gasteiger partial charge in [-0.3, -0.25) is 9.59 Å². The quantitative estimate of drug-likeness (QED) is 0.0675. The van der Waals surface area contributed by atoms with Crippen molar-refractivity contribution in [1.82, 2.24) is 5.32 Å². The number of isocyanates is 2. The summed E-state index contributed by atoms with van der Waals surface area (Å²) in [5, 5.41) is 1.22. The third kappa shape index (κ3) is 6.40. The molecule has 0 aliphatic carbocycles. The smallest absolute Gasteiger partial charge is 0.445 e. The lowest BCUT2D eigenvalue weighted by Crippen LogP contribution is -2.76. The zero-order valence-electron chi connectivity index (χ0n) is 24.2. The first-order valence-electron chi connectivity index (χ1n) is 12.1. The summed E-state index contributed by atoms with van der Waals surface area (Å²) in [6, 6.07) is -0.203. The molecular weight excluding hydrogens is 797 g/mol. The normalized spacial score (nSPS) is 14.3. The van der Waals surface area contributed by atoms with Crippen LogP contribution < -0.4 is 5.32 Å². The highest BCUT2D eigenvalue weighted by molar-refractivity contribution is 6.04. The molecule has 0 heterocycles. The standard InChI is InChI=1S/C23H10F21N3O5/c1-7-3-9(45-4-48)12(46-5-49)10(13(51)47-6-52-8(2)50)11(7)14(24,25)15(26,27)16(28,29)17(30,31)18(32,33)19(34,35)20(36,37)21(38,39)22(40,41)23(42,43)44/h3H,6H2,1-2H3,(H,47,51). The van der Waals surface area contributed by atoms with Crippen molar-refractivity contribution < 1.29 is 116 Å². The zero-order chi connectivity index (χ0) is 41.7. The second kappa shape index (κ2) is 13.5. The molecule has 0 bridgehead atoms. The second-order valence-corrected chi connectivity index (χ2v) is 9.67. The molecule has 294 valence electrons. The van der Waals surface area contributed by atoms with Crippen LogP contribution in [0.3, 0.4) is 0 Å². The molecule has 0 saturated heterocycles. The Labute approximate surface area is 270 Å². The van der Waals surface area contributed by atoms with Gasteiger partial charge in [-0.2, -0.15) is 102 Å². The molecule has 0 unspecified atom stereocenters. The van der Waals surface area contributed by atoms with E-state index in [4.69, 9.17) is 0 Å². The summed E-state index contributed by atoms with van der Waals surface area (Å²) in [4.78, 5) is 50.2. The van der Waals surface area contributed by atoms with Gasteiger partial charge >= 0.3 is 65.4 Å². The number of nitrogens with zero attached hydrogens (tertiary/aromatic N) is 2. The van der Waals surface area contributed by atoms with Crippen LogP contribution in [0.2, 0.25) is 0 Å². The predicted molar refractivity (Wildman–Crippen MR) is 120 cm³/mol. The molecule has 1 N–H and O–H groups in total. The summed E-state index contributed by atoms with van der Waals surface area (Å²) in [7, 11) is 0. The molecule has 8 nitrogen and oxygen atoms in total. The Morgan fingerprint density at radius 1 is 0.635 bits per heavy atom. The van der Waals surface area contributed by atoms with E-state index in [-0.39, 0.29) is 13.0 Å². The van der Waals surface area contributed by atoms with Crippen molar-refractivity contribution in [2.75, 3.05) is 6.73 Å². The molecule has 1 aromatic carbocycles. The summed E-state index contributed by atoms with van der Waals surface area (Å²) in [6.45, 7) is -0.941. The van der Waals surface area contributed by atoms with Crippen LogP contribution in [-0.2, 0) is 25.0 Å². The topological polar surface area (TPSA) is 114 Å². The Balaban J connectivity index is 4.26. The number of alkyl halides is 21. The van der Waals surface area contributed by atoms with Crippen LogP contribution in [0.15, 0.2) is 16.1 Å². The lowest BCUT2D eigenvalue weighted by atomic mass is 9.83. The molecule has 1 amide bonds. The third-order valence-electron chi connectivity index (χ3n) is 6.36. The number of carbonyl (C=O) groups excluding carboxylic acids is 4. The molecule has 29 heteroatoms. The minimum atomic E-state index is -9.42. The van der Waals surface area contributed by atoms with Gasteiger partial charge in [0.1, 0.15) is 11.4 Å².